The van der Waals surface area contributed by atoms with Gasteiger partial charge >= 0.3 is 6.09 Å². The van der Waals surface area contributed by atoms with E-state index in [9.17, 15) is 14.4 Å². The molecule has 1 atom stereocenters. The number of amides is 2. The van der Waals surface area contributed by atoms with E-state index in [1.54, 1.807) is 55.9 Å². The summed E-state index contributed by atoms with van der Waals surface area (Å²) in [6, 6.07) is 17.4. The van der Waals surface area contributed by atoms with E-state index in [1.165, 1.54) is 25.2 Å². The summed E-state index contributed by atoms with van der Waals surface area (Å²) in [4.78, 5) is 38.0. The molecular formula is C40H39Cl2FN4O6. The molecule has 0 aliphatic carbocycles. The minimum Gasteiger partial charge on any atom is -0.496 e. The Morgan fingerprint density at radius 1 is 1.04 bits per heavy atom. The first kappa shape index (κ1) is 37.6. The van der Waals surface area contributed by atoms with E-state index in [-0.39, 0.29) is 36.4 Å². The zero-order valence-electron chi connectivity index (χ0n) is 30.0. The highest BCUT2D eigenvalue weighted by molar-refractivity contribution is 6.36. The van der Waals surface area contributed by atoms with Gasteiger partial charge in [0.1, 0.15) is 22.9 Å². The van der Waals surface area contributed by atoms with Gasteiger partial charge in [0, 0.05) is 46.1 Å². The van der Waals surface area contributed by atoms with Crippen molar-refractivity contribution in [3.63, 3.8) is 0 Å². The Hall–Kier alpha value is -5.13. The van der Waals surface area contributed by atoms with E-state index in [0.29, 0.717) is 63.7 Å². The van der Waals surface area contributed by atoms with Gasteiger partial charge in [0.2, 0.25) is 5.91 Å². The quantitative estimate of drug-likeness (QED) is 0.134. The van der Waals surface area contributed by atoms with Crippen molar-refractivity contribution in [2.45, 2.75) is 58.3 Å². The van der Waals surface area contributed by atoms with Crippen LogP contribution in [0.3, 0.4) is 0 Å². The van der Waals surface area contributed by atoms with Crippen LogP contribution in [0.4, 0.5) is 9.18 Å². The predicted octanol–water partition coefficient (Wildman–Crippen LogP) is 8.71. The van der Waals surface area contributed by atoms with Crippen molar-refractivity contribution in [2.75, 3.05) is 20.8 Å². The molecular weight excluding hydrogens is 722 g/mol. The zero-order chi connectivity index (χ0) is 38.0. The molecule has 276 valence electrons. The van der Waals surface area contributed by atoms with Crippen LogP contribution < -0.4 is 14.8 Å². The molecule has 10 nitrogen and oxygen atoms in total. The van der Waals surface area contributed by atoms with Crippen LogP contribution in [0.2, 0.25) is 10.0 Å². The second-order valence-corrected chi connectivity index (χ2v) is 14.6. The summed E-state index contributed by atoms with van der Waals surface area (Å²) in [6.07, 6.45) is 2.74. The Morgan fingerprint density at radius 3 is 2.43 bits per heavy atom. The van der Waals surface area contributed by atoms with Crippen LogP contribution in [0.5, 0.6) is 11.5 Å². The molecule has 0 radical (unpaired) electrons. The van der Waals surface area contributed by atoms with Gasteiger partial charge in [-0.25, -0.2) is 9.18 Å². The van der Waals surface area contributed by atoms with Gasteiger partial charge in [0.05, 0.1) is 49.6 Å². The molecule has 1 aliphatic rings. The molecule has 53 heavy (non-hydrogen) atoms. The van der Waals surface area contributed by atoms with Crippen LogP contribution in [-0.2, 0) is 22.6 Å². The number of ether oxygens (including phenoxy) is 3. The number of hydrogen-bond donors (Lipinski definition) is 1. The first-order chi connectivity index (χ1) is 25.3. The smallest absolute Gasteiger partial charge is 0.410 e. The Balaban J connectivity index is 1.33. The summed E-state index contributed by atoms with van der Waals surface area (Å²) >= 11 is 13.7. The average Bonchev–Trinajstić information content (AvgIpc) is 3.73. The van der Waals surface area contributed by atoms with Gasteiger partial charge in [-0.15, -0.1) is 0 Å². The van der Waals surface area contributed by atoms with Gasteiger partial charge in [-0.05, 0) is 74.2 Å². The van der Waals surface area contributed by atoms with Crippen molar-refractivity contribution >= 4 is 52.4 Å². The Bertz CT molecular complexity index is 2220. The highest BCUT2D eigenvalue weighted by Crippen LogP contribution is 2.41. The lowest BCUT2D eigenvalue weighted by Gasteiger charge is -2.30. The molecule has 1 unspecified atom stereocenters. The number of fused-ring (bicyclic) bond motifs is 1. The lowest BCUT2D eigenvalue weighted by atomic mass is 9.96. The summed E-state index contributed by atoms with van der Waals surface area (Å²) in [6.45, 7) is 5.59. The molecule has 1 N–H and O–H groups in total. The SMILES string of the molecule is COc1cc(Cn2ncc3c(-c4cccc(-c5cc(F)c(CN(CC6CCC(=O)N6)C(=O)OC(C)(C)C)c(OC)c5)c4Cl)cccc32)c(Cl)cc1C=O. The third-order valence-electron chi connectivity index (χ3n) is 9.03. The Morgan fingerprint density at radius 2 is 1.75 bits per heavy atom. The number of nitrogens with one attached hydrogen (secondary N) is 1. The number of carbonyl (C=O) groups excluding carboxylic acids is 3. The summed E-state index contributed by atoms with van der Waals surface area (Å²) in [5, 5.41) is 9.15. The lowest BCUT2D eigenvalue weighted by Crippen LogP contribution is -2.44. The number of carbonyl (C=O) groups is 3. The molecule has 2 amide bonds. The van der Waals surface area contributed by atoms with E-state index < -0.39 is 17.5 Å². The molecule has 5 aromatic rings. The molecule has 1 aromatic heterocycles. The number of nitrogens with zero attached hydrogens (tertiary/aromatic N) is 3. The highest BCUT2D eigenvalue weighted by Gasteiger charge is 2.30. The maximum Gasteiger partial charge on any atom is 0.410 e. The molecule has 4 aromatic carbocycles. The Kier molecular flexibility index (Phi) is 11.0. The van der Waals surface area contributed by atoms with Crippen LogP contribution in [0.15, 0.2) is 66.9 Å². The van der Waals surface area contributed by atoms with Crippen molar-refractivity contribution in [3.8, 4) is 33.8 Å². The van der Waals surface area contributed by atoms with Crippen LogP contribution in [0, 0.1) is 5.82 Å². The van der Waals surface area contributed by atoms with Crippen molar-refractivity contribution in [1.29, 1.82) is 0 Å². The highest BCUT2D eigenvalue weighted by atomic mass is 35.5. The maximum atomic E-state index is 16.2. The van der Waals surface area contributed by atoms with Crippen LogP contribution in [0.25, 0.3) is 33.2 Å². The zero-order valence-corrected chi connectivity index (χ0v) is 31.5. The number of aromatic nitrogens is 2. The molecule has 1 aliphatic heterocycles. The fourth-order valence-corrected chi connectivity index (χ4v) is 7.06. The number of rotatable bonds is 11. The lowest BCUT2D eigenvalue weighted by molar-refractivity contribution is -0.119. The van der Waals surface area contributed by atoms with E-state index in [0.717, 1.165) is 22.0 Å². The first-order valence-corrected chi connectivity index (χ1v) is 17.7. The summed E-state index contributed by atoms with van der Waals surface area (Å²) in [5.74, 6) is -0.0414. The van der Waals surface area contributed by atoms with Crippen LogP contribution in [-0.4, -0.2) is 65.4 Å². The number of aldehydes is 1. The van der Waals surface area contributed by atoms with Crippen molar-refractivity contribution in [2.24, 2.45) is 0 Å². The monoisotopic (exact) mass is 760 g/mol. The fraction of sp³-hybridized carbons (Fsp3) is 0.300. The molecule has 6 rings (SSSR count). The molecule has 0 bridgehead atoms. The van der Waals surface area contributed by atoms with Gasteiger partial charge in [0.25, 0.3) is 0 Å². The molecule has 1 fully saturated rings. The van der Waals surface area contributed by atoms with Crippen LogP contribution >= 0.6 is 23.2 Å². The minimum atomic E-state index is -0.780. The maximum absolute atomic E-state index is 16.2. The number of hydrogen-bond acceptors (Lipinski definition) is 7. The van der Waals surface area contributed by atoms with Crippen molar-refractivity contribution in [3.05, 3.63) is 99.4 Å². The molecule has 1 saturated heterocycles. The molecule has 0 spiro atoms. The largest absolute Gasteiger partial charge is 0.496 e. The third kappa shape index (κ3) is 8.11. The number of benzene rings is 4. The normalized spacial score (nSPS) is 14.3. The minimum absolute atomic E-state index is 0.0929. The average molecular weight is 762 g/mol. The number of methoxy groups -OCH3 is 2. The van der Waals surface area contributed by atoms with E-state index in [2.05, 4.69) is 10.4 Å². The predicted molar refractivity (Wildman–Crippen MR) is 202 cm³/mol. The second-order valence-electron chi connectivity index (χ2n) is 13.8. The number of halogens is 3. The van der Waals surface area contributed by atoms with Gasteiger partial charge in [-0.2, -0.15) is 5.10 Å². The first-order valence-electron chi connectivity index (χ1n) is 17.0. The summed E-state index contributed by atoms with van der Waals surface area (Å²) in [5.41, 5.74) is 3.86. The van der Waals surface area contributed by atoms with Crippen molar-refractivity contribution in [1.82, 2.24) is 20.0 Å². The topological polar surface area (TPSA) is 112 Å². The van der Waals surface area contributed by atoms with Gasteiger partial charge < -0.3 is 24.4 Å². The molecule has 2 heterocycles. The summed E-state index contributed by atoms with van der Waals surface area (Å²) < 4.78 is 34.7. The van der Waals surface area contributed by atoms with Gasteiger partial charge in [-0.3, -0.25) is 14.3 Å². The Labute approximate surface area is 316 Å². The standard InChI is InChI=1S/C40H39Cl2FN4O6/c1-40(2,3)53-39(50)46(20-26-12-13-37(49)45-26)21-31-33(43)15-23(16-36(31)52-5)27-8-6-10-29(38(27)42)28-9-7-11-34-30(28)18-44-47(34)19-24-17-35(51-4)25(22-48)14-32(24)41/h6-11,14-18,22,26H,12-13,19-21H2,1-5H3,(H,45,49). The van der Waals surface area contributed by atoms with Gasteiger partial charge in [-0.1, -0.05) is 53.5 Å². The van der Waals surface area contributed by atoms with E-state index in [1.807, 2.05) is 30.3 Å². The van der Waals surface area contributed by atoms with E-state index >= 15 is 4.39 Å². The fourth-order valence-electron chi connectivity index (χ4n) is 6.49. The van der Waals surface area contributed by atoms with E-state index in [4.69, 9.17) is 37.4 Å². The second kappa shape index (κ2) is 15.5. The van der Waals surface area contributed by atoms with Crippen LogP contribution in [0.1, 0.15) is 55.1 Å². The van der Waals surface area contributed by atoms with Gasteiger partial charge in [0.15, 0.2) is 6.29 Å². The van der Waals surface area contributed by atoms with Crippen molar-refractivity contribution < 1.29 is 33.0 Å². The third-order valence-corrected chi connectivity index (χ3v) is 9.79. The molecule has 13 heteroatoms. The summed E-state index contributed by atoms with van der Waals surface area (Å²) in [7, 11) is 2.93. The molecule has 0 saturated carbocycles.